The third kappa shape index (κ3) is 2.72. The zero-order valence-electron chi connectivity index (χ0n) is 9.62. The predicted molar refractivity (Wildman–Crippen MR) is 79.4 cm³/mol. The van der Waals surface area contributed by atoms with Crippen LogP contribution in [0, 0.1) is 6.92 Å². The van der Waals surface area contributed by atoms with Crippen LogP contribution in [-0.2, 0) is 0 Å². The molecule has 0 amide bonds. The molecule has 0 saturated carbocycles. The van der Waals surface area contributed by atoms with Crippen LogP contribution in [0.2, 0.25) is 10.0 Å². The maximum absolute atomic E-state index is 10.4. The molecule has 94 valence electrons. The third-order valence-electron chi connectivity index (χ3n) is 2.77. The topological polar surface area (TPSA) is 20.2 Å². The molecular weight excluding hydrogens is 335 g/mol. The van der Waals surface area contributed by atoms with Crippen molar-refractivity contribution in [3.8, 4) is 0 Å². The van der Waals surface area contributed by atoms with Gasteiger partial charge in [0.25, 0.3) is 0 Å². The van der Waals surface area contributed by atoms with Gasteiger partial charge >= 0.3 is 0 Å². The zero-order valence-corrected chi connectivity index (χ0v) is 12.7. The Balaban J connectivity index is 2.51. The smallest absolute Gasteiger partial charge is 0.107 e. The van der Waals surface area contributed by atoms with Gasteiger partial charge in [-0.15, -0.1) is 0 Å². The van der Waals surface area contributed by atoms with Gasteiger partial charge in [0, 0.05) is 20.1 Å². The number of benzene rings is 2. The Morgan fingerprint density at radius 1 is 1.11 bits per heavy atom. The molecular formula is C14H11BrCl2O. The van der Waals surface area contributed by atoms with Crippen molar-refractivity contribution in [2.75, 3.05) is 0 Å². The number of halogens is 3. The fourth-order valence-electron chi connectivity index (χ4n) is 1.77. The molecule has 0 aliphatic rings. The number of hydrogen-bond donors (Lipinski definition) is 1. The van der Waals surface area contributed by atoms with Crippen molar-refractivity contribution < 1.29 is 5.11 Å². The molecule has 1 N–H and O–H groups in total. The molecule has 0 saturated heterocycles. The summed E-state index contributed by atoms with van der Waals surface area (Å²) >= 11 is 15.5. The van der Waals surface area contributed by atoms with Crippen LogP contribution in [0.25, 0.3) is 0 Å². The number of aliphatic hydroxyl groups is 1. The van der Waals surface area contributed by atoms with Gasteiger partial charge in [0.2, 0.25) is 0 Å². The summed E-state index contributed by atoms with van der Waals surface area (Å²) in [5, 5.41) is 11.5. The molecule has 0 aliphatic heterocycles. The van der Waals surface area contributed by atoms with Crippen molar-refractivity contribution in [1.29, 1.82) is 0 Å². The fourth-order valence-corrected chi connectivity index (χ4v) is 2.66. The van der Waals surface area contributed by atoms with Gasteiger partial charge in [0.05, 0.1) is 0 Å². The van der Waals surface area contributed by atoms with E-state index in [1.807, 2.05) is 25.1 Å². The van der Waals surface area contributed by atoms with Crippen LogP contribution in [0.15, 0.2) is 40.9 Å². The average molecular weight is 346 g/mol. The minimum Gasteiger partial charge on any atom is -0.384 e. The van der Waals surface area contributed by atoms with E-state index >= 15 is 0 Å². The number of hydrogen-bond acceptors (Lipinski definition) is 1. The van der Waals surface area contributed by atoms with Gasteiger partial charge < -0.3 is 5.11 Å². The van der Waals surface area contributed by atoms with Gasteiger partial charge in [-0.1, -0.05) is 57.3 Å². The van der Waals surface area contributed by atoms with Gasteiger partial charge in [0.15, 0.2) is 0 Å². The Hall–Kier alpha value is -0.540. The van der Waals surface area contributed by atoms with E-state index in [4.69, 9.17) is 23.2 Å². The van der Waals surface area contributed by atoms with E-state index in [0.717, 1.165) is 15.6 Å². The first kappa shape index (κ1) is 13.9. The lowest BCUT2D eigenvalue weighted by atomic mass is 10.00. The lowest BCUT2D eigenvalue weighted by Crippen LogP contribution is -2.02. The van der Waals surface area contributed by atoms with Gasteiger partial charge in [-0.05, 0) is 36.2 Å². The van der Waals surface area contributed by atoms with Crippen LogP contribution >= 0.6 is 39.1 Å². The Morgan fingerprint density at radius 2 is 1.83 bits per heavy atom. The highest BCUT2D eigenvalue weighted by Crippen LogP contribution is 2.34. The summed E-state index contributed by atoms with van der Waals surface area (Å²) in [6.45, 7) is 1.97. The molecule has 0 aliphatic carbocycles. The molecule has 2 rings (SSSR count). The number of rotatable bonds is 2. The molecule has 2 aromatic rings. The summed E-state index contributed by atoms with van der Waals surface area (Å²) < 4.78 is 0.883. The van der Waals surface area contributed by atoms with Crippen LogP contribution in [0.5, 0.6) is 0 Å². The van der Waals surface area contributed by atoms with Crippen molar-refractivity contribution in [2.24, 2.45) is 0 Å². The molecule has 18 heavy (non-hydrogen) atoms. The van der Waals surface area contributed by atoms with Crippen LogP contribution in [0.1, 0.15) is 22.8 Å². The van der Waals surface area contributed by atoms with Crippen molar-refractivity contribution in [1.82, 2.24) is 0 Å². The average Bonchev–Trinajstić information content (AvgIpc) is 2.35. The summed E-state index contributed by atoms with van der Waals surface area (Å²) in [5.74, 6) is 0. The van der Waals surface area contributed by atoms with Gasteiger partial charge in [-0.3, -0.25) is 0 Å². The minimum atomic E-state index is -0.800. The lowest BCUT2D eigenvalue weighted by Gasteiger charge is -2.16. The summed E-state index contributed by atoms with van der Waals surface area (Å²) in [4.78, 5) is 0. The molecule has 0 radical (unpaired) electrons. The lowest BCUT2D eigenvalue weighted by molar-refractivity contribution is 0.219. The van der Waals surface area contributed by atoms with E-state index in [2.05, 4.69) is 15.9 Å². The molecule has 1 nitrogen and oxygen atoms in total. The first-order valence-corrected chi connectivity index (χ1v) is 6.93. The quantitative estimate of drug-likeness (QED) is 0.798. The predicted octanol–water partition coefficient (Wildman–Crippen LogP) is 5.15. The Kier molecular flexibility index (Phi) is 4.33. The minimum absolute atomic E-state index is 0.500. The zero-order chi connectivity index (χ0) is 13.3. The summed E-state index contributed by atoms with van der Waals surface area (Å²) in [6, 6.07) is 10.8. The molecule has 2 aromatic carbocycles. The molecule has 4 heteroatoms. The molecule has 0 aromatic heterocycles. The number of aryl methyl sites for hydroxylation is 1. The fraction of sp³-hybridized carbons (Fsp3) is 0.143. The van der Waals surface area contributed by atoms with Gasteiger partial charge in [0.1, 0.15) is 6.10 Å². The maximum atomic E-state index is 10.4. The summed E-state index contributed by atoms with van der Waals surface area (Å²) in [6.07, 6.45) is -0.800. The van der Waals surface area contributed by atoms with Gasteiger partial charge in [-0.25, -0.2) is 0 Å². The van der Waals surface area contributed by atoms with E-state index in [9.17, 15) is 5.11 Å². The molecule has 0 spiro atoms. The van der Waals surface area contributed by atoms with Gasteiger partial charge in [-0.2, -0.15) is 0 Å². The first-order valence-electron chi connectivity index (χ1n) is 5.38. The highest BCUT2D eigenvalue weighted by atomic mass is 79.9. The molecule has 0 fully saturated rings. The van der Waals surface area contributed by atoms with Crippen LogP contribution < -0.4 is 0 Å². The summed E-state index contributed by atoms with van der Waals surface area (Å²) in [7, 11) is 0. The normalized spacial score (nSPS) is 12.5. The molecule has 1 atom stereocenters. The highest BCUT2D eigenvalue weighted by molar-refractivity contribution is 9.10. The van der Waals surface area contributed by atoms with Crippen molar-refractivity contribution in [3.05, 3.63) is 67.6 Å². The molecule has 1 unspecified atom stereocenters. The second kappa shape index (κ2) is 5.62. The Bertz CT molecular complexity index is 582. The third-order valence-corrected chi connectivity index (χ3v) is 4.43. The molecule has 0 bridgehead atoms. The van der Waals surface area contributed by atoms with E-state index < -0.39 is 6.10 Å². The van der Waals surface area contributed by atoms with Crippen LogP contribution in [0.4, 0.5) is 0 Å². The van der Waals surface area contributed by atoms with Crippen molar-refractivity contribution >= 4 is 39.1 Å². The van der Waals surface area contributed by atoms with E-state index in [1.165, 1.54) is 0 Å². The standard InChI is InChI=1S/C14H11BrCl2O/c1-8-3-2-4-10(13(8)15)14(18)11-7-9(16)5-6-12(11)17/h2-7,14,18H,1H3. The SMILES string of the molecule is Cc1cccc(C(O)c2cc(Cl)ccc2Cl)c1Br. The van der Waals surface area contributed by atoms with E-state index in [-0.39, 0.29) is 0 Å². The van der Waals surface area contributed by atoms with E-state index in [0.29, 0.717) is 15.6 Å². The van der Waals surface area contributed by atoms with Crippen LogP contribution in [0.3, 0.4) is 0 Å². The summed E-state index contributed by atoms with van der Waals surface area (Å²) in [5.41, 5.74) is 2.44. The maximum Gasteiger partial charge on any atom is 0.107 e. The Morgan fingerprint density at radius 3 is 2.56 bits per heavy atom. The number of aliphatic hydroxyl groups excluding tert-OH is 1. The Labute approximate surface area is 124 Å². The van der Waals surface area contributed by atoms with Crippen molar-refractivity contribution in [3.63, 3.8) is 0 Å². The van der Waals surface area contributed by atoms with Crippen LogP contribution in [-0.4, -0.2) is 5.11 Å². The highest BCUT2D eigenvalue weighted by Gasteiger charge is 2.17. The van der Waals surface area contributed by atoms with E-state index in [1.54, 1.807) is 18.2 Å². The monoisotopic (exact) mass is 344 g/mol. The molecule has 0 heterocycles. The largest absolute Gasteiger partial charge is 0.384 e. The first-order chi connectivity index (χ1) is 8.50. The van der Waals surface area contributed by atoms with Crippen molar-refractivity contribution in [2.45, 2.75) is 13.0 Å². The second-order valence-electron chi connectivity index (χ2n) is 4.05. The second-order valence-corrected chi connectivity index (χ2v) is 5.68.